The molecule has 0 bridgehead atoms. The molecule has 0 saturated carbocycles. The van der Waals surface area contributed by atoms with Gasteiger partial charge in [0.15, 0.2) is 11.5 Å². The summed E-state index contributed by atoms with van der Waals surface area (Å²) in [5, 5.41) is 6.94. The number of carbonyl (C=O) groups is 2. The number of aromatic nitrogens is 2. The summed E-state index contributed by atoms with van der Waals surface area (Å²) < 4.78 is 20.9. The molecular formula is C25H28N4O6. The van der Waals surface area contributed by atoms with Gasteiger partial charge in [-0.05, 0) is 25.9 Å². The second kappa shape index (κ2) is 11.0. The van der Waals surface area contributed by atoms with Crippen LogP contribution >= 0.6 is 0 Å². The summed E-state index contributed by atoms with van der Waals surface area (Å²) in [7, 11) is 4.25. The van der Waals surface area contributed by atoms with Crippen molar-refractivity contribution in [2.45, 2.75) is 19.4 Å². The Morgan fingerprint density at radius 2 is 1.74 bits per heavy atom. The Balaban J connectivity index is 1.37. The minimum absolute atomic E-state index is 0.161. The Bertz CT molecular complexity index is 1170. The van der Waals surface area contributed by atoms with E-state index in [1.165, 1.54) is 27.4 Å². The predicted molar refractivity (Wildman–Crippen MR) is 127 cm³/mol. The van der Waals surface area contributed by atoms with Gasteiger partial charge in [0.25, 0.3) is 0 Å². The van der Waals surface area contributed by atoms with E-state index in [1.807, 2.05) is 30.3 Å². The summed E-state index contributed by atoms with van der Waals surface area (Å²) in [4.78, 5) is 32.0. The molecule has 1 saturated heterocycles. The monoisotopic (exact) mass is 480 g/mol. The van der Waals surface area contributed by atoms with E-state index in [9.17, 15) is 9.59 Å². The largest absolute Gasteiger partial charge is 0.493 e. The molecule has 0 unspecified atom stereocenters. The van der Waals surface area contributed by atoms with E-state index < -0.39 is 5.97 Å². The quantitative estimate of drug-likeness (QED) is 0.484. The van der Waals surface area contributed by atoms with Gasteiger partial charge in [0.2, 0.25) is 17.6 Å². The molecule has 1 fully saturated rings. The van der Waals surface area contributed by atoms with Crippen LogP contribution in [0.25, 0.3) is 11.4 Å². The predicted octanol–water partition coefficient (Wildman–Crippen LogP) is 3.39. The van der Waals surface area contributed by atoms with Gasteiger partial charge in [0.1, 0.15) is 0 Å². The van der Waals surface area contributed by atoms with E-state index in [0.29, 0.717) is 61.4 Å². The normalized spacial score (nSPS) is 14.4. The van der Waals surface area contributed by atoms with E-state index in [4.69, 9.17) is 18.7 Å². The lowest BCUT2D eigenvalue weighted by atomic mass is 9.95. The molecule has 0 aliphatic carbocycles. The number of ether oxygens (including phenoxy) is 3. The van der Waals surface area contributed by atoms with Crippen LogP contribution < -0.4 is 14.8 Å². The molecule has 1 N–H and O–H groups in total. The van der Waals surface area contributed by atoms with Gasteiger partial charge in [-0.2, -0.15) is 4.98 Å². The van der Waals surface area contributed by atoms with Crippen LogP contribution in [-0.2, 0) is 16.1 Å². The molecule has 0 spiro atoms. The molecule has 0 atom stereocenters. The molecule has 0 radical (unpaired) electrons. The first-order valence-corrected chi connectivity index (χ1v) is 11.3. The number of nitrogens with one attached hydrogen (secondary N) is 1. The number of hydrogen-bond donors (Lipinski definition) is 1. The van der Waals surface area contributed by atoms with Crippen molar-refractivity contribution in [1.29, 1.82) is 0 Å². The molecule has 1 aromatic heterocycles. The van der Waals surface area contributed by atoms with E-state index in [-0.39, 0.29) is 17.4 Å². The summed E-state index contributed by atoms with van der Waals surface area (Å²) in [5.74, 6) is 0.936. The number of anilines is 1. The maximum absolute atomic E-state index is 13.0. The molecule has 10 nitrogen and oxygen atoms in total. The van der Waals surface area contributed by atoms with E-state index in [2.05, 4.69) is 20.4 Å². The number of esters is 1. The van der Waals surface area contributed by atoms with Crippen molar-refractivity contribution in [3.05, 3.63) is 53.9 Å². The molecule has 2 aromatic carbocycles. The van der Waals surface area contributed by atoms with Crippen molar-refractivity contribution < 1.29 is 28.3 Å². The zero-order valence-corrected chi connectivity index (χ0v) is 19.9. The van der Waals surface area contributed by atoms with Crippen molar-refractivity contribution in [2.75, 3.05) is 39.7 Å². The molecular weight excluding hydrogens is 452 g/mol. The Hall–Kier alpha value is -3.92. The number of methoxy groups -OCH3 is 3. The standard InChI is InChI=1S/C25H28N4O6/c1-32-20-13-18(25(31)34-3)19(14-21(20)33-2)26-24(30)17-9-11-29(12-10-17)15-22-27-23(28-35-22)16-7-5-4-6-8-16/h4-8,13-14,17H,9-12,15H2,1-3H3,(H,26,30). The second-order valence-electron chi connectivity index (χ2n) is 8.16. The van der Waals surface area contributed by atoms with E-state index in [0.717, 1.165) is 5.56 Å². The first-order valence-electron chi connectivity index (χ1n) is 11.3. The summed E-state index contributed by atoms with van der Waals surface area (Å²) in [5.41, 5.74) is 1.42. The van der Waals surface area contributed by atoms with Crippen LogP contribution in [-0.4, -0.2) is 61.3 Å². The van der Waals surface area contributed by atoms with E-state index >= 15 is 0 Å². The number of carbonyl (C=O) groups excluding carboxylic acids is 2. The van der Waals surface area contributed by atoms with Crippen LogP contribution in [0, 0.1) is 5.92 Å². The third kappa shape index (κ3) is 5.60. The fourth-order valence-corrected chi connectivity index (χ4v) is 4.06. The van der Waals surface area contributed by atoms with Gasteiger partial charge in [0.05, 0.1) is 39.1 Å². The number of likely N-dealkylation sites (tertiary alicyclic amines) is 1. The zero-order valence-electron chi connectivity index (χ0n) is 19.9. The van der Waals surface area contributed by atoms with Crippen molar-refractivity contribution in [3.63, 3.8) is 0 Å². The fraction of sp³-hybridized carbons (Fsp3) is 0.360. The number of amides is 1. The minimum Gasteiger partial charge on any atom is -0.493 e. The van der Waals surface area contributed by atoms with Crippen molar-refractivity contribution >= 4 is 17.6 Å². The van der Waals surface area contributed by atoms with Crippen LogP contribution in [0.15, 0.2) is 47.0 Å². The highest BCUT2D eigenvalue weighted by Crippen LogP contribution is 2.34. The van der Waals surface area contributed by atoms with Crippen molar-refractivity contribution in [3.8, 4) is 22.9 Å². The molecule has 10 heteroatoms. The highest BCUT2D eigenvalue weighted by atomic mass is 16.5. The molecule has 184 valence electrons. The highest BCUT2D eigenvalue weighted by molar-refractivity contribution is 6.02. The minimum atomic E-state index is -0.578. The van der Waals surface area contributed by atoms with Gasteiger partial charge in [0, 0.05) is 23.6 Å². The summed E-state index contributed by atoms with van der Waals surface area (Å²) in [6.45, 7) is 1.93. The maximum atomic E-state index is 13.0. The van der Waals surface area contributed by atoms with Crippen LogP contribution in [0.2, 0.25) is 0 Å². The van der Waals surface area contributed by atoms with Gasteiger partial charge in [-0.1, -0.05) is 35.5 Å². The van der Waals surface area contributed by atoms with Crippen molar-refractivity contribution in [2.24, 2.45) is 5.92 Å². The number of benzene rings is 2. The summed E-state index contributed by atoms with van der Waals surface area (Å²) in [6, 6.07) is 12.7. The van der Waals surface area contributed by atoms with Crippen molar-refractivity contribution in [1.82, 2.24) is 15.0 Å². The molecule has 3 aromatic rings. The average Bonchev–Trinajstić information content (AvgIpc) is 3.37. The molecule has 1 amide bonds. The maximum Gasteiger partial charge on any atom is 0.340 e. The van der Waals surface area contributed by atoms with Crippen LogP contribution in [0.5, 0.6) is 11.5 Å². The Morgan fingerprint density at radius 3 is 2.40 bits per heavy atom. The summed E-state index contributed by atoms with van der Waals surface area (Å²) in [6.07, 6.45) is 1.32. The molecule has 4 rings (SSSR count). The fourth-order valence-electron chi connectivity index (χ4n) is 4.06. The second-order valence-corrected chi connectivity index (χ2v) is 8.16. The molecule has 1 aliphatic rings. The van der Waals surface area contributed by atoms with Gasteiger partial charge in [-0.25, -0.2) is 4.79 Å². The van der Waals surface area contributed by atoms with Gasteiger partial charge in [-0.3, -0.25) is 9.69 Å². The average molecular weight is 481 g/mol. The van der Waals surface area contributed by atoms with Gasteiger partial charge < -0.3 is 24.1 Å². The first kappa shape index (κ1) is 24.2. The number of nitrogens with zero attached hydrogens (tertiary/aromatic N) is 3. The van der Waals surface area contributed by atoms with E-state index in [1.54, 1.807) is 6.07 Å². The lowest BCUT2D eigenvalue weighted by Crippen LogP contribution is -2.38. The van der Waals surface area contributed by atoms with Crippen LogP contribution in [0.1, 0.15) is 29.1 Å². The van der Waals surface area contributed by atoms with Gasteiger partial charge >= 0.3 is 5.97 Å². The Labute approximate surface area is 203 Å². The Morgan fingerprint density at radius 1 is 1.06 bits per heavy atom. The van der Waals surface area contributed by atoms with Gasteiger partial charge in [-0.15, -0.1) is 0 Å². The zero-order chi connectivity index (χ0) is 24.8. The lowest BCUT2D eigenvalue weighted by molar-refractivity contribution is -0.121. The number of piperidine rings is 1. The number of hydrogen-bond acceptors (Lipinski definition) is 9. The lowest BCUT2D eigenvalue weighted by Gasteiger charge is -2.30. The molecule has 2 heterocycles. The highest BCUT2D eigenvalue weighted by Gasteiger charge is 2.28. The smallest absolute Gasteiger partial charge is 0.340 e. The first-order chi connectivity index (χ1) is 17.0. The molecule has 35 heavy (non-hydrogen) atoms. The van der Waals surface area contributed by atoms with Crippen LogP contribution in [0.3, 0.4) is 0 Å². The SMILES string of the molecule is COC(=O)c1cc(OC)c(OC)cc1NC(=O)C1CCN(Cc2nc(-c3ccccc3)no2)CC1. The third-order valence-corrected chi connectivity index (χ3v) is 6.00. The number of rotatable bonds is 8. The molecule has 1 aliphatic heterocycles. The van der Waals surface area contributed by atoms with Crippen LogP contribution in [0.4, 0.5) is 5.69 Å². The topological polar surface area (TPSA) is 116 Å². The third-order valence-electron chi connectivity index (χ3n) is 6.00. The Kier molecular flexibility index (Phi) is 7.61. The summed E-state index contributed by atoms with van der Waals surface area (Å²) >= 11 is 0.